The Hall–Kier alpha value is -1.92. The van der Waals surface area contributed by atoms with E-state index in [1.54, 1.807) is 18.0 Å². The number of halogens is 3. The second-order valence-electron chi connectivity index (χ2n) is 6.46. The highest BCUT2D eigenvalue weighted by Gasteiger charge is 2.31. The van der Waals surface area contributed by atoms with Crippen molar-refractivity contribution in [3.8, 4) is 0 Å². The monoisotopic (exact) mass is 343 g/mol. The van der Waals surface area contributed by atoms with E-state index >= 15 is 0 Å². The normalized spacial score (nSPS) is 16.4. The first-order valence-electron chi connectivity index (χ1n) is 8.14. The van der Waals surface area contributed by atoms with E-state index in [9.17, 15) is 18.0 Å². The van der Waals surface area contributed by atoms with Crippen LogP contribution in [0.4, 0.5) is 23.7 Å². The van der Waals surface area contributed by atoms with Gasteiger partial charge in [-0.3, -0.25) is 0 Å². The Morgan fingerprint density at radius 3 is 2.46 bits per heavy atom. The molecule has 134 valence electrons. The first-order chi connectivity index (χ1) is 11.2. The van der Waals surface area contributed by atoms with Crippen molar-refractivity contribution in [3.05, 3.63) is 29.8 Å². The van der Waals surface area contributed by atoms with Crippen LogP contribution in [0.5, 0.6) is 0 Å². The molecular formula is C17H24F3N3O. The van der Waals surface area contributed by atoms with Crippen LogP contribution in [0.15, 0.2) is 24.3 Å². The van der Waals surface area contributed by atoms with Crippen LogP contribution in [0.25, 0.3) is 0 Å². The van der Waals surface area contributed by atoms with Crippen LogP contribution < -0.4 is 10.2 Å². The van der Waals surface area contributed by atoms with Gasteiger partial charge in [0.25, 0.3) is 0 Å². The number of carbonyl (C=O) groups is 1. The molecule has 2 amide bonds. The fourth-order valence-electron chi connectivity index (χ4n) is 2.67. The SMILES string of the molecule is CC(C)N(C)C(=O)NC1CCN(c2cccc(C(F)(F)F)c2)CC1. The van der Waals surface area contributed by atoms with Crippen molar-refractivity contribution >= 4 is 11.7 Å². The number of amides is 2. The molecule has 4 nitrogen and oxygen atoms in total. The smallest absolute Gasteiger partial charge is 0.371 e. The summed E-state index contributed by atoms with van der Waals surface area (Å²) in [6, 6.07) is 5.46. The lowest BCUT2D eigenvalue weighted by Gasteiger charge is -2.35. The number of rotatable bonds is 3. The summed E-state index contributed by atoms with van der Waals surface area (Å²) in [4.78, 5) is 15.6. The zero-order valence-electron chi connectivity index (χ0n) is 14.2. The summed E-state index contributed by atoms with van der Waals surface area (Å²) in [6.07, 6.45) is -2.90. The second kappa shape index (κ2) is 7.32. The van der Waals surface area contributed by atoms with Gasteiger partial charge in [0.2, 0.25) is 0 Å². The molecule has 2 rings (SSSR count). The van der Waals surface area contributed by atoms with Gasteiger partial charge in [-0.15, -0.1) is 0 Å². The molecule has 24 heavy (non-hydrogen) atoms. The van der Waals surface area contributed by atoms with Crippen LogP contribution >= 0.6 is 0 Å². The van der Waals surface area contributed by atoms with Crippen LogP contribution in [0.3, 0.4) is 0 Å². The Kier molecular flexibility index (Phi) is 5.62. The molecule has 0 spiro atoms. The highest BCUT2D eigenvalue weighted by Crippen LogP contribution is 2.32. The van der Waals surface area contributed by atoms with Crippen LogP contribution in [-0.2, 0) is 6.18 Å². The summed E-state index contributed by atoms with van der Waals surface area (Å²) in [6.45, 7) is 5.13. The average molecular weight is 343 g/mol. The van der Waals surface area contributed by atoms with Crippen molar-refractivity contribution in [2.45, 2.75) is 44.9 Å². The highest BCUT2D eigenvalue weighted by atomic mass is 19.4. The first kappa shape index (κ1) is 18.4. The van der Waals surface area contributed by atoms with Crippen LogP contribution in [0.1, 0.15) is 32.3 Å². The Balaban J connectivity index is 1.92. The fraction of sp³-hybridized carbons (Fsp3) is 0.588. The van der Waals surface area contributed by atoms with Gasteiger partial charge in [-0.1, -0.05) is 6.07 Å². The van der Waals surface area contributed by atoms with E-state index in [1.807, 2.05) is 18.7 Å². The Labute approximate surface area is 140 Å². The summed E-state index contributed by atoms with van der Waals surface area (Å²) in [7, 11) is 1.75. The number of carbonyl (C=O) groups excluding carboxylic acids is 1. The maximum atomic E-state index is 12.8. The number of hydrogen-bond donors (Lipinski definition) is 1. The third kappa shape index (κ3) is 4.55. The predicted molar refractivity (Wildman–Crippen MR) is 88.1 cm³/mol. The minimum Gasteiger partial charge on any atom is -0.371 e. The lowest BCUT2D eigenvalue weighted by Crippen LogP contribution is -2.49. The third-order valence-corrected chi connectivity index (χ3v) is 4.46. The molecule has 1 aliphatic rings. The molecule has 1 heterocycles. The van der Waals surface area contributed by atoms with Crippen molar-refractivity contribution < 1.29 is 18.0 Å². The van der Waals surface area contributed by atoms with Crippen LogP contribution in [-0.4, -0.2) is 43.2 Å². The van der Waals surface area contributed by atoms with Gasteiger partial charge >= 0.3 is 12.2 Å². The summed E-state index contributed by atoms with van der Waals surface area (Å²) in [5, 5.41) is 2.99. The quantitative estimate of drug-likeness (QED) is 0.908. The lowest BCUT2D eigenvalue weighted by molar-refractivity contribution is -0.137. The lowest BCUT2D eigenvalue weighted by atomic mass is 10.0. The van der Waals surface area contributed by atoms with Crippen LogP contribution in [0, 0.1) is 0 Å². The Bertz CT molecular complexity index is 566. The minimum atomic E-state index is -4.33. The zero-order valence-corrected chi connectivity index (χ0v) is 14.2. The number of nitrogens with one attached hydrogen (secondary N) is 1. The molecule has 1 aliphatic heterocycles. The Morgan fingerprint density at radius 1 is 1.29 bits per heavy atom. The summed E-state index contributed by atoms with van der Waals surface area (Å²) >= 11 is 0. The van der Waals surface area contributed by atoms with Crippen molar-refractivity contribution in [2.24, 2.45) is 0 Å². The van der Waals surface area contributed by atoms with E-state index in [4.69, 9.17) is 0 Å². The van der Waals surface area contributed by atoms with E-state index in [0.717, 1.165) is 6.07 Å². The van der Waals surface area contributed by atoms with Gasteiger partial charge in [-0.2, -0.15) is 13.2 Å². The molecule has 0 unspecified atom stereocenters. The van der Waals surface area contributed by atoms with Gasteiger partial charge < -0.3 is 15.1 Å². The third-order valence-electron chi connectivity index (χ3n) is 4.46. The summed E-state index contributed by atoms with van der Waals surface area (Å²) in [5.74, 6) is 0. The number of urea groups is 1. The Morgan fingerprint density at radius 2 is 1.92 bits per heavy atom. The van der Waals surface area contributed by atoms with Gasteiger partial charge in [-0.25, -0.2) is 4.79 Å². The van der Waals surface area contributed by atoms with Gasteiger partial charge in [0.1, 0.15) is 0 Å². The van der Waals surface area contributed by atoms with E-state index < -0.39 is 11.7 Å². The van der Waals surface area contributed by atoms with E-state index in [0.29, 0.717) is 31.6 Å². The molecular weight excluding hydrogens is 319 g/mol. The standard InChI is InChI=1S/C17H24F3N3O/c1-12(2)22(3)16(24)21-14-7-9-23(10-8-14)15-6-4-5-13(11-15)17(18,19)20/h4-6,11-12,14H,7-10H2,1-3H3,(H,21,24). The molecule has 7 heteroatoms. The molecule has 1 saturated heterocycles. The molecule has 1 aromatic rings. The first-order valence-corrected chi connectivity index (χ1v) is 8.14. The average Bonchev–Trinajstić information content (AvgIpc) is 2.54. The van der Waals surface area contributed by atoms with Crippen molar-refractivity contribution in [1.82, 2.24) is 10.2 Å². The van der Waals surface area contributed by atoms with Crippen molar-refractivity contribution in [2.75, 3.05) is 25.0 Å². The van der Waals surface area contributed by atoms with Crippen molar-refractivity contribution in [1.29, 1.82) is 0 Å². The minimum absolute atomic E-state index is 0.0562. The van der Waals surface area contributed by atoms with E-state index in [-0.39, 0.29) is 18.1 Å². The predicted octanol–water partition coefficient (Wildman–Crippen LogP) is 3.72. The van der Waals surface area contributed by atoms with Gasteiger partial charge in [0, 0.05) is 37.9 Å². The molecule has 0 bridgehead atoms. The van der Waals surface area contributed by atoms with Gasteiger partial charge in [0.15, 0.2) is 0 Å². The second-order valence-corrected chi connectivity index (χ2v) is 6.46. The summed E-state index contributed by atoms with van der Waals surface area (Å²) in [5.41, 5.74) is -0.0529. The number of nitrogens with zero attached hydrogens (tertiary/aromatic N) is 2. The fourth-order valence-corrected chi connectivity index (χ4v) is 2.67. The molecule has 1 aromatic carbocycles. The number of benzene rings is 1. The molecule has 0 aromatic heterocycles. The van der Waals surface area contributed by atoms with Crippen LogP contribution in [0.2, 0.25) is 0 Å². The molecule has 1 fully saturated rings. The maximum Gasteiger partial charge on any atom is 0.416 e. The largest absolute Gasteiger partial charge is 0.416 e. The van der Waals surface area contributed by atoms with Gasteiger partial charge in [-0.05, 0) is 44.9 Å². The number of alkyl halides is 3. The number of piperidine rings is 1. The molecule has 0 aliphatic carbocycles. The summed E-state index contributed by atoms with van der Waals surface area (Å²) < 4.78 is 38.4. The molecule has 0 saturated carbocycles. The zero-order chi connectivity index (χ0) is 17.9. The molecule has 0 radical (unpaired) electrons. The van der Waals surface area contributed by atoms with Gasteiger partial charge in [0.05, 0.1) is 5.56 Å². The molecule has 1 N–H and O–H groups in total. The maximum absolute atomic E-state index is 12.8. The van der Waals surface area contributed by atoms with E-state index in [1.165, 1.54) is 12.1 Å². The molecule has 0 atom stereocenters. The van der Waals surface area contributed by atoms with Crippen molar-refractivity contribution in [3.63, 3.8) is 0 Å². The highest BCUT2D eigenvalue weighted by molar-refractivity contribution is 5.74. The topological polar surface area (TPSA) is 35.6 Å². The number of anilines is 1. The van der Waals surface area contributed by atoms with E-state index in [2.05, 4.69) is 5.32 Å². The number of hydrogen-bond acceptors (Lipinski definition) is 2.